The SMILES string of the molecule is CCCCNC(=O)N(O)[C@@H]1N(CCCC)C(=O)N(Cc2c(F)cccc2F)C1(C)C. The molecule has 1 saturated heterocycles. The molecular weight excluding hydrogens is 394 g/mol. The Hall–Kier alpha value is -2.42. The van der Waals surface area contributed by atoms with Crippen LogP contribution in [0.3, 0.4) is 0 Å². The molecule has 7 nitrogen and oxygen atoms in total. The number of carbonyl (C=O) groups excluding carboxylic acids is 2. The van der Waals surface area contributed by atoms with Crippen molar-refractivity contribution in [3.05, 3.63) is 35.4 Å². The molecule has 1 aliphatic heterocycles. The average molecular weight is 427 g/mol. The summed E-state index contributed by atoms with van der Waals surface area (Å²) >= 11 is 0. The Bertz CT molecular complexity index is 740. The van der Waals surface area contributed by atoms with Crippen LogP contribution in [0.15, 0.2) is 18.2 Å². The maximum atomic E-state index is 14.2. The van der Waals surface area contributed by atoms with Gasteiger partial charge in [0.1, 0.15) is 11.6 Å². The van der Waals surface area contributed by atoms with Gasteiger partial charge >= 0.3 is 12.1 Å². The van der Waals surface area contributed by atoms with E-state index < -0.39 is 35.4 Å². The van der Waals surface area contributed by atoms with Crippen LogP contribution in [0.5, 0.6) is 0 Å². The second kappa shape index (κ2) is 10.1. The molecule has 0 bridgehead atoms. The third kappa shape index (κ3) is 4.83. The number of nitrogens with one attached hydrogen (secondary N) is 1. The Morgan fingerprint density at radius 2 is 1.80 bits per heavy atom. The lowest BCUT2D eigenvalue weighted by Crippen LogP contribution is -2.59. The topological polar surface area (TPSA) is 76.1 Å². The Morgan fingerprint density at radius 1 is 1.20 bits per heavy atom. The molecule has 1 aromatic rings. The lowest BCUT2D eigenvalue weighted by Gasteiger charge is -2.38. The monoisotopic (exact) mass is 426 g/mol. The summed E-state index contributed by atoms with van der Waals surface area (Å²) in [6.07, 6.45) is 2.08. The highest BCUT2D eigenvalue weighted by Crippen LogP contribution is 2.36. The van der Waals surface area contributed by atoms with Crippen LogP contribution < -0.4 is 5.32 Å². The van der Waals surface area contributed by atoms with Gasteiger partial charge in [0.25, 0.3) is 0 Å². The highest BCUT2D eigenvalue weighted by atomic mass is 19.1. The molecule has 1 heterocycles. The first-order valence-electron chi connectivity index (χ1n) is 10.4. The maximum Gasteiger partial charge on any atom is 0.343 e. The van der Waals surface area contributed by atoms with E-state index in [0.29, 0.717) is 24.6 Å². The minimum Gasteiger partial charge on any atom is -0.336 e. The first kappa shape index (κ1) is 23.9. The molecule has 1 fully saturated rings. The van der Waals surface area contributed by atoms with E-state index in [4.69, 9.17) is 0 Å². The van der Waals surface area contributed by atoms with Crippen LogP contribution in [0.4, 0.5) is 18.4 Å². The number of benzene rings is 1. The molecule has 1 atom stereocenters. The van der Waals surface area contributed by atoms with Gasteiger partial charge in [0.05, 0.1) is 12.1 Å². The van der Waals surface area contributed by atoms with Crippen molar-refractivity contribution >= 4 is 12.1 Å². The number of nitrogens with zero attached hydrogens (tertiary/aromatic N) is 3. The first-order chi connectivity index (χ1) is 14.2. The number of amides is 4. The largest absolute Gasteiger partial charge is 0.343 e. The summed E-state index contributed by atoms with van der Waals surface area (Å²) in [5.74, 6) is -1.50. The number of carbonyl (C=O) groups is 2. The van der Waals surface area contributed by atoms with Crippen LogP contribution in [-0.2, 0) is 6.54 Å². The summed E-state index contributed by atoms with van der Waals surface area (Å²) in [5, 5.41) is 13.8. The second-order valence-electron chi connectivity index (χ2n) is 8.07. The van der Waals surface area contributed by atoms with E-state index in [2.05, 4.69) is 5.32 Å². The Balaban J connectivity index is 2.34. The number of hydrogen-bond acceptors (Lipinski definition) is 3. The van der Waals surface area contributed by atoms with Crippen LogP contribution in [0.2, 0.25) is 0 Å². The van der Waals surface area contributed by atoms with E-state index in [0.717, 1.165) is 31.4 Å². The van der Waals surface area contributed by atoms with Gasteiger partial charge in [-0.2, -0.15) is 5.06 Å². The van der Waals surface area contributed by atoms with Crippen LogP contribution >= 0.6 is 0 Å². The third-order valence-electron chi connectivity index (χ3n) is 5.48. The van der Waals surface area contributed by atoms with Crippen molar-refractivity contribution in [2.45, 2.75) is 71.6 Å². The van der Waals surface area contributed by atoms with Crippen molar-refractivity contribution in [1.29, 1.82) is 0 Å². The van der Waals surface area contributed by atoms with E-state index >= 15 is 0 Å². The summed E-state index contributed by atoms with van der Waals surface area (Å²) in [7, 11) is 0. The minimum atomic E-state index is -1.10. The molecule has 0 aromatic heterocycles. The van der Waals surface area contributed by atoms with Gasteiger partial charge in [-0.3, -0.25) is 10.1 Å². The van der Waals surface area contributed by atoms with Crippen LogP contribution in [-0.4, -0.2) is 56.9 Å². The molecule has 0 saturated carbocycles. The molecule has 4 amide bonds. The number of hydroxylamine groups is 2. The molecule has 0 aliphatic carbocycles. The van der Waals surface area contributed by atoms with Gasteiger partial charge in [0, 0.05) is 18.7 Å². The van der Waals surface area contributed by atoms with E-state index in [1.165, 1.54) is 15.9 Å². The van der Waals surface area contributed by atoms with Gasteiger partial charge < -0.3 is 10.2 Å². The highest BCUT2D eigenvalue weighted by Gasteiger charge is 2.55. The Labute approximate surface area is 176 Å². The number of urea groups is 2. The van der Waals surface area contributed by atoms with Crippen molar-refractivity contribution in [1.82, 2.24) is 20.2 Å². The van der Waals surface area contributed by atoms with Crippen LogP contribution in [0.25, 0.3) is 0 Å². The lowest BCUT2D eigenvalue weighted by molar-refractivity contribution is -0.133. The molecule has 168 valence electrons. The molecule has 2 N–H and O–H groups in total. The van der Waals surface area contributed by atoms with Crippen molar-refractivity contribution in [2.75, 3.05) is 13.1 Å². The van der Waals surface area contributed by atoms with Crippen LogP contribution in [0, 0.1) is 11.6 Å². The molecule has 1 aromatic carbocycles. The molecular formula is C21H32F2N4O3. The number of halogens is 2. The molecule has 0 unspecified atom stereocenters. The zero-order valence-corrected chi connectivity index (χ0v) is 18.1. The predicted molar refractivity (Wildman–Crippen MR) is 109 cm³/mol. The Morgan fingerprint density at radius 3 is 2.37 bits per heavy atom. The smallest absolute Gasteiger partial charge is 0.336 e. The Kier molecular flexibility index (Phi) is 8.00. The maximum absolute atomic E-state index is 14.2. The summed E-state index contributed by atoms with van der Waals surface area (Å²) in [6.45, 7) is 7.67. The summed E-state index contributed by atoms with van der Waals surface area (Å²) in [5.41, 5.74) is -1.33. The van der Waals surface area contributed by atoms with Crippen molar-refractivity contribution in [2.24, 2.45) is 0 Å². The predicted octanol–water partition coefficient (Wildman–Crippen LogP) is 4.31. The molecule has 9 heteroatoms. The second-order valence-corrected chi connectivity index (χ2v) is 8.07. The van der Waals surface area contributed by atoms with Gasteiger partial charge in [0.2, 0.25) is 0 Å². The number of hydrogen-bond donors (Lipinski definition) is 2. The summed E-state index contributed by atoms with van der Waals surface area (Å²) < 4.78 is 28.4. The van der Waals surface area contributed by atoms with E-state index in [9.17, 15) is 23.6 Å². The number of unbranched alkanes of at least 4 members (excludes halogenated alkanes) is 2. The molecule has 0 spiro atoms. The van der Waals surface area contributed by atoms with Crippen molar-refractivity contribution < 1.29 is 23.6 Å². The molecule has 2 rings (SSSR count). The fraction of sp³-hybridized carbons (Fsp3) is 0.619. The molecule has 1 aliphatic rings. The van der Waals surface area contributed by atoms with Gasteiger partial charge in [-0.25, -0.2) is 18.4 Å². The van der Waals surface area contributed by atoms with E-state index in [-0.39, 0.29) is 12.1 Å². The van der Waals surface area contributed by atoms with Gasteiger partial charge in [-0.05, 0) is 38.8 Å². The normalized spacial score (nSPS) is 18.1. The van der Waals surface area contributed by atoms with Crippen LogP contribution in [0.1, 0.15) is 58.9 Å². The molecule has 30 heavy (non-hydrogen) atoms. The zero-order valence-electron chi connectivity index (χ0n) is 18.1. The highest BCUT2D eigenvalue weighted by molar-refractivity contribution is 5.81. The van der Waals surface area contributed by atoms with Crippen molar-refractivity contribution in [3.63, 3.8) is 0 Å². The summed E-state index contributed by atoms with van der Waals surface area (Å²) in [4.78, 5) is 28.4. The quantitative estimate of drug-likeness (QED) is 0.351. The third-order valence-corrected chi connectivity index (χ3v) is 5.48. The average Bonchev–Trinajstić information content (AvgIpc) is 2.87. The van der Waals surface area contributed by atoms with E-state index in [1.807, 2.05) is 13.8 Å². The van der Waals surface area contributed by atoms with Gasteiger partial charge in [-0.15, -0.1) is 0 Å². The molecule has 0 radical (unpaired) electrons. The fourth-order valence-electron chi connectivity index (χ4n) is 3.68. The van der Waals surface area contributed by atoms with Gasteiger partial charge in [-0.1, -0.05) is 32.8 Å². The standard InChI is InChI=1S/C21H32F2N4O3/c1-5-7-12-24-19(28)27(30)18-21(3,4)26(20(29)25(18)13-8-6-2)14-15-16(22)10-9-11-17(15)23/h9-11,18,30H,5-8,12-14H2,1-4H3,(H,24,28)/t18-/m0/s1. The first-order valence-corrected chi connectivity index (χ1v) is 10.4. The lowest BCUT2D eigenvalue weighted by atomic mass is 9.99. The minimum absolute atomic E-state index is 0.230. The van der Waals surface area contributed by atoms with Gasteiger partial charge in [0.15, 0.2) is 6.17 Å². The van der Waals surface area contributed by atoms with E-state index in [1.54, 1.807) is 13.8 Å². The number of rotatable bonds is 9. The van der Waals surface area contributed by atoms with Crippen molar-refractivity contribution in [3.8, 4) is 0 Å². The fourth-order valence-corrected chi connectivity index (χ4v) is 3.68. The summed E-state index contributed by atoms with van der Waals surface area (Å²) in [6, 6.07) is 2.34. The zero-order chi connectivity index (χ0) is 22.5.